The van der Waals surface area contributed by atoms with Crippen molar-refractivity contribution in [3.05, 3.63) is 12.1 Å². The molecule has 3 N–H and O–H groups in total. The number of ether oxygens (including phenoxy) is 1. The van der Waals surface area contributed by atoms with Gasteiger partial charge in [-0.15, -0.1) is 0 Å². The molecule has 1 saturated heterocycles. The number of hydrogen-bond donors (Lipinski definition) is 2. The Morgan fingerprint density at radius 3 is 3.00 bits per heavy atom. The number of nitrogen functional groups attached to an aromatic ring is 1. The van der Waals surface area contributed by atoms with Crippen LogP contribution in [0.3, 0.4) is 0 Å². The van der Waals surface area contributed by atoms with Crippen molar-refractivity contribution in [2.45, 2.75) is 32.8 Å². The second-order valence-corrected chi connectivity index (χ2v) is 5.51. The summed E-state index contributed by atoms with van der Waals surface area (Å²) in [5.74, 6) is 1.75. The Kier molecular flexibility index (Phi) is 4.47. The lowest BCUT2D eigenvalue weighted by atomic mass is 10.1. The van der Waals surface area contributed by atoms with E-state index in [1.807, 2.05) is 12.1 Å². The summed E-state index contributed by atoms with van der Waals surface area (Å²) in [6.45, 7) is 6.31. The van der Waals surface area contributed by atoms with E-state index in [1.54, 1.807) is 0 Å². The molecule has 1 atom stereocenters. The second-order valence-electron chi connectivity index (χ2n) is 5.51. The van der Waals surface area contributed by atoms with Crippen molar-refractivity contribution in [1.82, 2.24) is 4.98 Å². The maximum Gasteiger partial charge on any atom is 0.239 e. The van der Waals surface area contributed by atoms with Gasteiger partial charge in [-0.1, -0.05) is 13.8 Å². The highest BCUT2D eigenvalue weighted by Crippen LogP contribution is 2.25. The molecule has 0 radical (unpaired) electrons. The largest absolute Gasteiger partial charge is 0.476 e. The third kappa shape index (κ3) is 3.73. The molecule has 2 rings (SSSR count). The number of pyridine rings is 1. The van der Waals surface area contributed by atoms with Gasteiger partial charge in [0.2, 0.25) is 5.88 Å². The summed E-state index contributed by atoms with van der Waals surface area (Å²) in [4.78, 5) is 6.55. The summed E-state index contributed by atoms with van der Waals surface area (Å²) >= 11 is 0. The fraction of sp³-hybridized carbons (Fsp3) is 0.643. The normalized spacial score (nSPS) is 19.8. The number of hydrogen-bond acceptors (Lipinski definition) is 5. The summed E-state index contributed by atoms with van der Waals surface area (Å²) in [6, 6.07) is 3.70. The maximum absolute atomic E-state index is 9.72. The first-order valence-corrected chi connectivity index (χ1v) is 6.88. The Bertz CT molecular complexity index is 423. The molecule has 1 fully saturated rings. The van der Waals surface area contributed by atoms with Gasteiger partial charge in [0, 0.05) is 13.1 Å². The van der Waals surface area contributed by atoms with Crippen molar-refractivity contribution in [2.24, 2.45) is 5.92 Å². The van der Waals surface area contributed by atoms with Crippen LogP contribution in [0.25, 0.3) is 0 Å². The molecule has 5 nitrogen and oxygen atoms in total. The minimum absolute atomic E-state index is 0.270. The van der Waals surface area contributed by atoms with Gasteiger partial charge in [-0.05, 0) is 30.9 Å². The van der Waals surface area contributed by atoms with E-state index in [4.69, 9.17) is 10.5 Å². The van der Waals surface area contributed by atoms with E-state index >= 15 is 0 Å². The average Bonchev–Trinajstić information content (AvgIpc) is 2.37. The quantitative estimate of drug-likeness (QED) is 0.866. The van der Waals surface area contributed by atoms with Crippen molar-refractivity contribution < 1.29 is 9.84 Å². The van der Waals surface area contributed by atoms with Gasteiger partial charge in [0.05, 0.1) is 18.4 Å². The highest BCUT2D eigenvalue weighted by atomic mass is 16.5. The first-order chi connectivity index (χ1) is 9.06. The fourth-order valence-electron chi connectivity index (χ4n) is 2.14. The van der Waals surface area contributed by atoms with Crippen LogP contribution in [0.2, 0.25) is 0 Å². The Hall–Kier alpha value is -1.49. The maximum atomic E-state index is 9.72. The van der Waals surface area contributed by atoms with Crippen LogP contribution in [0.4, 0.5) is 11.5 Å². The van der Waals surface area contributed by atoms with Gasteiger partial charge in [0.25, 0.3) is 0 Å². The molecule has 106 valence electrons. The fourth-order valence-corrected chi connectivity index (χ4v) is 2.14. The predicted octanol–water partition coefficient (Wildman–Crippen LogP) is 1.66. The van der Waals surface area contributed by atoms with Gasteiger partial charge in [0.15, 0.2) is 0 Å². The molecule has 0 aliphatic carbocycles. The van der Waals surface area contributed by atoms with Crippen LogP contribution >= 0.6 is 0 Å². The number of nitrogens with zero attached hydrogens (tertiary/aromatic N) is 2. The van der Waals surface area contributed by atoms with Crippen molar-refractivity contribution in [3.8, 4) is 5.88 Å². The third-order valence-corrected chi connectivity index (χ3v) is 3.15. The molecule has 2 heterocycles. The minimum Gasteiger partial charge on any atom is -0.476 e. The van der Waals surface area contributed by atoms with Crippen LogP contribution < -0.4 is 15.4 Å². The average molecular weight is 265 g/mol. The lowest BCUT2D eigenvalue weighted by molar-refractivity contribution is 0.153. The summed E-state index contributed by atoms with van der Waals surface area (Å²) in [7, 11) is 0. The van der Waals surface area contributed by atoms with Crippen molar-refractivity contribution in [1.29, 1.82) is 0 Å². The monoisotopic (exact) mass is 265 g/mol. The lowest BCUT2D eigenvalue weighted by Crippen LogP contribution is -2.38. The summed E-state index contributed by atoms with van der Waals surface area (Å²) in [5.41, 5.74) is 6.43. The Morgan fingerprint density at radius 1 is 1.53 bits per heavy atom. The summed E-state index contributed by atoms with van der Waals surface area (Å²) in [5, 5.41) is 9.72. The highest BCUT2D eigenvalue weighted by molar-refractivity contribution is 5.54. The molecule has 0 spiro atoms. The van der Waals surface area contributed by atoms with Crippen LogP contribution in [-0.4, -0.2) is 35.9 Å². The molecule has 1 aromatic rings. The first kappa shape index (κ1) is 13.9. The third-order valence-electron chi connectivity index (χ3n) is 3.15. The van der Waals surface area contributed by atoms with E-state index in [2.05, 4.69) is 23.7 Å². The Labute approximate surface area is 114 Å². The smallest absolute Gasteiger partial charge is 0.239 e. The van der Waals surface area contributed by atoms with Crippen LogP contribution in [0.5, 0.6) is 5.88 Å². The van der Waals surface area contributed by atoms with Gasteiger partial charge in [-0.25, -0.2) is 0 Å². The van der Waals surface area contributed by atoms with Gasteiger partial charge in [-0.2, -0.15) is 4.98 Å². The predicted molar refractivity (Wildman–Crippen MR) is 76.4 cm³/mol. The van der Waals surface area contributed by atoms with Gasteiger partial charge < -0.3 is 20.5 Å². The zero-order valence-corrected chi connectivity index (χ0v) is 11.7. The standard InChI is InChI=1S/C14H23N3O2/c1-10(2)9-19-14-12(15)5-6-13(16-14)17-7-3-4-11(18)8-17/h5-6,10-11,18H,3-4,7-9,15H2,1-2H3. The summed E-state index contributed by atoms with van der Waals surface area (Å²) in [6.07, 6.45) is 1.57. The zero-order chi connectivity index (χ0) is 13.8. The Morgan fingerprint density at radius 2 is 2.32 bits per heavy atom. The molecule has 5 heteroatoms. The van der Waals surface area contributed by atoms with E-state index in [9.17, 15) is 5.11 Å². The molecule has 0 bridgehead atoms. The molecule has 19 heavy (non-hydrogen) atoms. The molecule has 0 aromatic carbocycles. The minimum atomic E-state index is -0.270. The van der Waals surface area contributed by atoms with E-state index in [0.29, 0.717) is 30.6 Å². The number of β-amino-alcohol motifs (C(OH)–C–C–N with tert-alkyl or cyclic N) is 1. The number of piperidine rings is 1. The van der Waals surface area contributed by atoms with Crippen molar-refractivity contribution >= 4 is 11.5 Å². The molecule has 0 saturated carbocycles. The van der Waals surface area contributed by atoms with Crippen molar-refractivity contribution in [2.75, 3.05) is 30.3 Å². The first-order valence-electron chi connectivity index (χ1n) is 6.88. The molecule has 1 aliphatic heterocycles. The van der Waals surface area contributed by atoms with E-state index in [1.165, 1.54) is 0 Å². The summed E-state index contributed by atoms with van der Waals surface area (Å²) < 4.78 is 5.63. The highest BCUT2D eigenvalue weighted by Gasteiger charge is 2.19. The van der Waals surface area contributed by atoms with Crippen molar-refractivity contribution in [3.63, 3.8) is 0 Å². The molecular weight excluding hydrogens is 242 g/mol. The number of rotatable bonds is 4. The molecular formula is C14H23N3O2. The van der Waals surface area contributed by atoms with Gasteiger partial charge >= 0.3 is 0 Å². The topological polar surface area (TPSA) is 71.6 Å². The number of aliphatic hydroxyl groups excluding tert-OH is 1. The van der Waals surface area contributed by atoms with E-state index < -0.39 is 0 Å². The molecule has 1 unspecified atom stereocenters. The zero-order valence-electron chi connectivity index (χ0n) is 11.7. The molecule has 1 aromatic heterocycles. The molecule has 0 amide bonds. The number of aliphatic hydroxyl groups is 1. The van der Waals surface area contributed by atoms with E-state index in [0.717, 1.165) is 25.2 Å². The van der Waals surface area contributed by atoms with E-state index in [-0.39, 0.29) is 6.10 Å². The van der Waals surface area contributed by atoms with Crippen LogP contribution in [0, 0.1) is 5.92 Å². The van der Waals surface area contributed by atoms with Gasteiger partial charge in [-0.3, -0.25) is 0 Å². The lowest BCUT2D eigenvalue weighted by Gasteiger charge is -2.31. The van der Waals surface area contributed by atoms with Crippen LogP contribution in [0.15, 0.2) is 12.1 Å². The number of nitrogens with two attached hydrogens (primary N) is 1. The SMILES string of the molecule is CC(C)COc1nc(N2CCCC(O)C2)ccc1N. The number of anilines is 2. The second kappa shape index (κ2) is 6.10. The number of aromatic nitrogens is 1. The Balaban J connectivity index is 2.10. The van der Waals surface area contributed by atoms with Gasteiger partial charge in [0.1, 0.15) is 5.82 Å². The van der Waals surface area contributed by atoms with Crippen LogP contribution in [0.1, 0.15) is 26.7 Å². The van der Waals surface area contributed by atoms with Crippen LogP contribution in [-0.2, 0) is 0 Å². The molecule has 1 aliphatic rings.